The quantitative estimate of drug-likeness (QED) is 0.807. The Morgan fingerprint density at radius 1 is 1.21 bits per heavy atom. The number of aryl methyl sites for hydroxylation is 1. The average Bonchev–Trinajstić information content (AvgIpc) is 2.42. The molecule has 0 aliphatic carbocycles. The second kappa shape index (κ2) is 4.03. The van der Waals surface area contributed by atoms with Crippen LogP contribution >= 0.6 is 0 Å². The molecule has 1 rings (SSSR count). The van der Waals surface area contributed by atoms with Crippen molar-refractivity contribution in [3.63, 3.8) is 0 Å². The fraction of sp³-hybridized carbons (Fsp3) is 0.727. The normalized spacial score (nSPS) is 11.6. The van der Waals surface area contributed by atoms with E-state index in [1.807, 2.05) is 6.92 Å². The Labute approximate surface area is 85.8 Å². The summed E-state index contributed by atoms with van der Waals surface area (Å²) in [5, 5.41) is 14.3. The van der Waals surface area contributed by atoms with Crippen molar-refractivity contribution >= 4 is 0 Å². The van der Waals surface area contributed by atoms with Gasteiger partial charge in [0.05, 0.1) is 5.69 Å². The first-order valence-corrected chi connectivity index (χ1v) is 5.28. The lowest BCUT2D eigenvalue weighted by Gasteiger charge is -2.07. The predicted molar refractivity (Wildman–Crippen MR) is 57.7 cm³/mol. The fourth-order valence-electron chi connectivity index (χ4n) is 1.69. The highest BCUT2D eigenvalue weighted by Gasteiger charge is 2.20. The molecular formula is C11H20N2O. The monoisotopic (exact) mass is 196 g/mol. The molecule has 1 heterocycles. The summed E-state index contributed by atoms with van der Waals surface area (Å²) >= 11 is 0. The summed E-state index contributed by atoms with van der Waals surface area (Å²) in [6.45, 7) is 11.1. The third kappa shape index (κ3) is 1.76. The van der Waals surface area contributed by atoms with Crippen LogP contribution in [0.4, 0.5) is 0 Å². The lowest BCUT2D eigenvalue weighted by atomic mass is 9.97. The molecule has 0 aliphatic heterocycles. The average molecular weight is 196 g/mol. The largest absolute Gasteiger partial charge is 0.493 e. The number of hydrogen-bond acceptors (Lipinski definition) is 2. The van der Waals surface area contributed by atoms with Crippen molar-refractivity contribution in [3.8, 4) is 5.88 Å². The van der Waals surface area contributed by atoms with E-state index in [2.05, 4.69) is 32.8 Å². The Morgan fingerprint density at radius 2 is 1.79 bits per heavy atom. The Kier molecular flexibility index (Phi) is 3.19. The molecule has 1 N–H and O–H groups in total. The van der Waals surface area contributed by atoms with Crippen molar-refractivity contribution in [1.82, 2.24) is 9.78 Å². The van der Waals surface area contributed by atoms with E-state index in [4.69, 9.17) is 0 Å². The van der Waals surface area contributed by atoms with Gasteiger partial charge in [-0.2, -0.15) is 5.10 Å². The maximum atomic E-state index is 9.93. The van der Waals surface area contributed by atoms with Gasteiger partial charge in [-0.25, -0.2) is 4.68 Å². The Balaban J connectivity index is 3.27. The number of aromatic nitrogens is 2. The van der Waals surface area contributed by atoms with Crippen molar-refractivity contribution in [2.45, 2.75) is 53.0 Å². The van der Waals surface area contributed by atoms with Gasteiger partial charge in [0.25, 0.3) is 0 Å². The highest BCUT2D eigenvalue weighted by atomic mass is 16.3. The zero-order chi connectivity index (χ0) is 10.9. The van der Waals surface area contributed by atoms with Crippen molar-refractivity contribution in [2.24, 2.45) is 0 Å². The second-order valence-corrected chi connectivity index (χ2v) is 4.25. The molecule has 0 unspecified atom stereocenters. The molecular weight excluding hydrogens is 176 g/mol. The van der Waals surface area contributed by atoms with Gasteiger partial charge in [-0.1, -0.05) is 27.7 Å². The first-order valence-electron chi connectivity index (χ1n) is 5.28. The van der Waals surface area contributed by atoms with E-state index >= 15 is 0 Å². The highest BCUT2D eigenvalue weighted by molar-refractivity contribution is 5.35. The Morgan fingerprint density at radius 3 is 2.07 bits per heavy atom. The number of aromatic hydroxyl groups is 1. The smallest absolute Gasteiger partial charge is 0.213 e. The molecule has 0 fully saturated rings. The summed E-state index contributed by atoms with van der Waals surface area (Å²) in [6, 6.07) is 0. The maximum absolute atomic E-state index is 9.93. The van der Waals surface area contributed by atoms with Gasteiger partial charge in [0, 0.05) is 12.1 Å². The van der Waals surface area contributed by atoms with Crippen LogP contribution < -0.4 is 0 Å². The van der Waals surface area contributed by atoms with Crippen LogP contribution in [0.1, 0.15) is 57.7 Å². The summed E-state index contributed by atoms with van der Waals surface area (Å²) in [5.41, 5.74) is 2.03. The molecule has 14 heavy (non-hydrogen) atoms. The van der Waals surface area contributed by atoms with Crippen molar-refractivity contribution in [1.29, 1.82) is 0 Å². The molecule has 80 valence electrons. The zero-order valence-electron chi connectivity index (χ0n) is 9.70. The molecule has 0 amide bonds. The van der Waals surface area contributed by atoms with Crippen LogP contribution in [0.5, 0.6) is 5.88 Å². The third-order valence-electron chi connectivity index (χ3n) is 2.41. The van der Waals surface area contributed by atoms with Gasteiger partial charge >= 0.3 is 0 Å². The minimum absolute atomic E-state index is 0.327. The van der Waals surface area contributed by atoms with E-state index in [1.165, 1.54) is 0 Å². The van der Waals surface area contributed by atoms with E-state index in [1.54, 1.807) is 4.68 Å². The fourth-order valence-corrected chi connectivity index (χ4v) is 1.69. The van der Waals surface area contributed by atoms with Crippen LogP contribution in [0.15, 0.2) is 0 Å². The van der Waals surface area contributed by atoms with Crippen LogP contribution in [0.25, 0.3) is 0 Å². The number of hydrogen-bond donors (Lipinski definition) is 1. The molecule has 3 heteroatoms. The molecule has 3 nitrogen and oxygen atoms in total. The van der Waals surface area contributed by atoms with E-state index in [0.29, 0.717) is 17.7 Å². The van der Waals surface area contributed by atoms with Crippen LogP contribution in [-0.2, 0) is 6.54 Å². The zero-order valence-corrected chi connectivity index (χ0v) is 9.70. The second-order valence-electron chi connectivity index (χ2n) is 4.25. The van der Waals surface area contributed by atoms with Crippen LogP contribution in [0, 0.1) is 0 Å². The van der Waals surface area contributed by atoms with Gasteiger partial charge < -0.3 is 5.11 Å². The van der Waals surface area contributed by atoms with Gasteiger partial charge in [-0.05, 0) is 18.8 Å². The molecule has 0 aliphatic rings. The van der Waals surface area contributed by atoms with Crippen LogP contribution in [-0.4, -0.2) is 14.9 Å². The molecule has 0 radical (unpaired) electrons. The van der Waals surface area contributed by atoms with Gasteiger partial charge in [0.15, 0.2) is 0 Å². The van der Waals surface area contributed by atoms with Crippen molar-refractivity contribution in [3.05, 3.63) is 11.3 Å². The van der Waals surface area contributed by atoms with E-state index in [-0.39, 0.29) is 0 Å². The molecule has 0 aromatic carbocycles. The van der Waals surface area contributed by atoms with Crippen molar-refractivity contribution in [2.75, 3.05) is 0 Å². The number of nitrogens with zero attached hydrogens (tertiary/aromatic N) is 2. The van der Waals surface area contributed by atoms with E-state index in [9.17, 15) is 5.11 Å². The van der Waals surface area contributed by atoms with E-state index < -0.39 is 0 Å². The standard InChI is InChI=1S/C11H20N2O/c1-6-13-11(14)9(7(2)3)10(12-13)8(4)5/h7-8,14H,6H2,1-5H3. The highest BCUT2D eigenvalue weighted by Crippen LogP contribution is 2.32. The molecule has 1 aromatic heterocycles. The van der Waals surface area contributed by atoms with Crippen LogP contribution in [0.3, 0.4) is 0 Å². The molecule has 0 atom stereocenters. The third-order valence-corrected chi connectivity index (χ3v) is 2.41. The van der Waals surface area contributed by atoms with Gasteiger partial charge in [0.1, 0.15) is 0 Å². The first-order chi connectivity index (χ1) is 6.49. The Bertz CT molecular complexity index is 313. The minimum Gasteiger partial charge on any atom is -0.493 e. The first kappa shape index (κ1) is 11.1. The number of rotatable bonds is 3. The minimum atomic E-state index is 0.327. The summed E-state index contributed by atoms with van der Waals surface area (Å²) in [5.74, 6) is 1.03. The predicted octanol–water partition coefficient (Wildman–Crippen LogP) is 2.86. The lowest BCUT2D eigenvalue weighted by molar-refractivity contribution is 0.398. The summed E-state index contributed by atoms with van der Waals surface area (Å²) in [7, 11) is 0. The summed E-state index contributed by atoms with van der Waals surface area (Å²) in [4.78, 5) is 0. The molecule has 0 bridgehead atoms. The van der Waals surface area contributed by atoms with Gasteiger partial charge in [-0.15, -0.1) is 0 Å². The SMILES string of the molecule is CCn1nc(C(C)C)c(C(C)C)c1O. The summed E-state index contributed by atoms with van der Waals surface area (Å²) < 4.78 is 1.67. The maximum Gasteiger partial charge on any atom is 0.213 e. The van der Waals surface area contributed by atoms with E-state index in [0.717, 1.165) is 17.8 Å². The lowest BCUT2D eigenvalue weighted by Crippen LogP contribution is -1.97. The van der Waals surface area contributed by atoms with Gasteiger partial charge in [-0.3, -0.25) is 0 Å². The topological polar surface area (TPSA) is 38.0 Å². The van der Waals surface area contributed by atoms with Crippen molar-refractivity contribution < 1.29 is 5.11 Å². The summed E-state index contributed by atoms with van der Waals surface area (Å²) in [6.07, 6.45) is 0. The molecule has 0 spiro atoms. The molecule has 0 saturated heterocycles. The molecule has 0 saturated carbocycles. The van der Waals surface area contributed by atoms with Gasteiger partial charge in [0.2, 0.25) is 5.88 Å². The molecule has 1 aromatic rings. The van der Waals surface area contributed by atoms with Crippen LogP contribution in [0.2, 0.25) is 0 Å². The Hall–Kier alpha value is -0.990.